The highest BCUT2D eigenvalue weighted by atomic mass is 14.9. The summed E-state index contributed by atoms with van der Waals surface area (Å²) in [7, 11) is 0. The minimum absolute atomic E-state index is 0.744. The van der Waals surface area contributed by atoms with Gasteiger partial charge in [0.2, 0.25) is 0 Å². The Morgan fingerprint density at radius 3 is 2.74 bits per heavy atom. The zero-order valence-electron chi connectivity index (χ0n) is 12.8. The first-order chi connectivity index (χ1) is 9.20. The first kappa shape index (κ1) is 14.6. The Morgan fingerprint density at radius 2 is 1.95 bits per heavy atom. The Kier molecular flexibility index (Phi) is 5.45. The van der Waals surface area contributed by atoms with Crippen LogP contribution in [0.1, 0.15) is 55.7 Å². The summed E-state index contributed by atoms with van der Waals surface area (Å²) in [5, 5.41) is 3.78. The summed E-state index contributed by atoms with van der Waals surface area (Å²) < 4.78 is 0. The number of benzene rings is 1. The van der Waals surface area contributed by atoms with Crippen LogP contribution in [0.15, 0.2) is 18.2 Å². The van der Waals surface area contributed by atoms with E-state index >= 15 is 0 Å². The average molecular weight is 259 g/mol. The van der Waals surface area contributed by atoms with Crippen molar-refractivity contribution in [2.24, 2.45) is 5.92 Å². The summed E-state index contributed by atoms with van der Waals surface area (Å²) in [6, 6.07) is 7.64. The van der Waals surface area contributed by atoms with Gasteiger partial charge in [-0.3, -0.25) is 0 Å². The van der Waals surface area contributed by atoms with Crippen LogP contribution in [0.5, 0.6) is 0 Å². The lowest BCUT2D eigenvalue weighted by Gasteiger charge is -2.33. The summed E-state index contributed by atoms with van der Waals surface area (Å²) >= 11 is 0. The molecule has 1 aromatic rings. The smallest absolute Gasteiger partial charge is 0.00985 e. The summed E-state index contributed by atoms with van der Waals surface area (Å²) in [5.74, 6) is 0.834. The molecule has 0 aromatic heterocycles. The molecule has 1 aliphatic rings. The molecule has 2 rings (SSSR count). The minimum atomic E-state index is 0.744. The Labute approximate surface area is 118 Å². The third-order valence-electron chi connectivity index (χ3n) is 4.55. The van der Waals surface area contributed by atoms with Gasteiger partial charge in [0.1, 0.15) is 0 Å². The minimum Gasteiger partial charge on any atom is -0.314 e. The van der Waals surface area contributed by atoms with E-state index in [1.165, 1.54) is 56.2 Å². The van der Waals surface area contributed by atoms with E-state index in [1.807, 2.05) is 0 Å². The van der Waals surface area contributed by atoms with Crippen molar-refractivity contribution < 1.29 is 0 Å². The maximum Gasteiger partial charge on any atom is 0.00985 e. The van der Waals surface area contributed by atoms with E-state index in [9.17, 15) is 0 Å². The molecule has 0 bridgehead atoms. The lowest BCUT2D eigenvalue weighted by Crippen LogP contribution is -2.39. The van der Waals surface area contributed by atoms with Gasteiger partial charge in [-0.15, -0.1) is 0 Å². The first-order valence-corrected chi connectivity index (χ1v) is 8.00. The third kappa shape index (κ3) is 4.07. The van der Waals surface area contributed by atoms with Gasteiger partial charge in [0.25, 0.3) is 0 Å². The van der Waals surface area contributed by atoms with Crippen molar-refractivity contribution in [2.45, 2.75) is 65.3 Å². The average Bonchev–Trinajstić information content (AvgIpc) is 2.42. The van der Waals surface area contributed by atoms with Crippen molar-refractivity contribution in [2.75, 3.05) is 6.54 Å². The molecule has 1 nitrogen and oxygen atoms in total. The SMILES string of the molecule is CCCNC1CCCCC1Cc1cc(C)ccc1C. The molecule has 1 heteroatoms. The second-order valence-electron chi connectivity index (χ2n) is 6.24. The second kappa shape index (κ2) is 7.09. The zero-order chi connectivity index (χ0) is 13.7. The van der Waals surface area contributed by atoms with Gasteiger partial charge < -0.3 is 5.32 Å². The molecular formula is C18H29N. The lowest BCUT2D eigenvalue weighted by molar-refractivity contribution is 0.261. The number of rotatable bonds is 5. The van der Waals surface area contributed by atoms with E-state index in [4.69, 9.17) is 0 Å². The quantitative estimate of drug-likeness (QED) is 0.826. The van der Waals surface area contributed by atoms with Crippen molar-refractivity contribution in [3.8, 4) is 0 Å². The Bertz CT molecular complexity index is 397. The van der Waals surface area contributed by atoms with Crippen LogP contribution in [0.3, 0.4) is 0 Å². The highest BCUT2D eigenvalue weighted by Gasteiger charge is 2.24. The van der Waals surface area contributed by atoms with Crippen LogP contribution in [0.25, 0.3) is 0 Å². The Hall–Kier alpha value is -0.820. The fraction of sp³-hybridized carbons (Fsp3) is 0.667. The summed E-state index contributed by atoms with van der Waals surface area (Å²) in [6.45, 7) is 7.90. The normalized spacial score (nSPS) is 23.5. The molecule has 2 atom stereocenters. The molecule has 0 amide bonds. The standard InChI is InChI=1S/C18H29N/c1-4-11-19-18-8-6-5-7-16(18)13-17-12-14(2)9-10-15(17)3/h9-10,12,16,18-19H,4-8,11,13H2,1-3H3. The monoisotopic (exact) mass is 259 g/mol. The summed E-state index contributed by atoms with van der Waals surface area (Å²) in [6.07, 6.45) is 8.09. The highest BCUT2D eigenvalue weighted by molar-refractivity contribution is 5.31. The van der Waals surface area contributed by atoms with Gasteiger partial charge in [0, 0.05) is 6.04 Å². The molecule has 1 N–H and O–H groups in total. The van der Waals surface area contributed by atoms with Crippen LogP contribution >= 0.6 is 0 Å². The number of aryl methyl sites for hydroxylation is 2. The van der Waals surface area contributed by atoms with Gasteiger partial charge >= 0.3 is 0 Å². The summed E-state index contributed by atoms with van der Waals surface area (Å²) in [5.41, 5.74) is 4.43. The van der Waals surface area contributed by atoms with Crippen molar-refractivity contribution in [1.29, 1.82) is 0 Å². The largest absolute Gasteiger partial charge is 0.314 e. The van der Waals surface area contributed by atoms with Crippen molar-refractivity contribution >= 4 is 0 Å². The number of hydrogen-bond donors (Lipinski definition) is 1. The molecule has 1 aliphatic carbocycles. The van der Waals surface area contributed by atoms with Crippen molar-refractivity contribution in [3.05, 3.63) is 34.9 Å². The molecule has 0 spiro atoms. The molecule has 19 heavy (non-hydrogen) atoms. The molecule has 0 radical (unpaired) electrons. The van der Waals surface area contributed by atoms with Gasteiger partial charge in [-0.05, 0) is 63.1 Å². The van der Waals surface area contributed by atoms with Gasteiger partial charge in [-0.1, -0.05) is 43.5 Å². The van der Waals surface area contributed by atoms with Gasteiger partial charge in [0.05, 0.1) is 0 Å². The van der Waals surface area contributed by atoms with Gasteiger partial charge in [0.15, 0.2) is 0 Å². The summed E-state index contributed by atoms with van der Waals surface area (Å²) in [4.78, 5) is 0. The molecule has 1 fully saturated rings. The third-order valence-corrected chi connectivity index (χ3v) is 4.55. The van der Waals surface area contributed by atoms with E-state index in [0.717, 1.165) is 12.0 Å². The second-order valence-corrected chi connectivity index (χ2v) is 6.24. The van der Waals surface area contributed by atoms with Crippen LogP contribution in [-0.2, 0) is 6.42 Å². The zero-order valence-corrected chi connectivity index (χ0v) is 12.8. The molecule has 106 valence electrons. The van der Waals surface area contributed by atoms with Crippen LogP contribution in [0.2, 0.25) is 0 Å². The fourth-order valence-electron chi connectivity index (χ4n) is 3.35. The maximum atomic E-state index is 3.78. The van der Waals surface area contributed by atoms with Crippen LogP contribution in [0.4, 0.5) is 0 Å². The van der Waals surface area contributed by atoms with Gasteiger partial charge in [-0.2, -0.15) is 0 Å². The molecule has 0 heterocycles. The Balaban J connectivity index is 2.04. The highest BCUT2D eigenvalue weighted by Crippen LogP contribution is 2.28. The molecule has 2 unspecified atom stereocenters. The molecular weight excluding hydrogens is 230 g/mol. The number of hydrogen-bond acceptors (Lipinski definition) is 1. The van der Waals surface area contributed by atoms with Crippen LogP contribution < -0.4 is 5.32 Å². The van der Waals surface area contributed by atoms with Crippen molar-refractivity contribution in [3.63, 3.8) is 0 Å². The van der Waals surface area contributed by atoms with Crippen LogP contribution in [0, 0.1) is 19.8 Å². The topological polar surface area (TPSA) is 12.0 Å². The molecule has 0 aliphatic heterocycles. The maximum absolute atomic E-state index is 3.78. The van der Waals surface area contributed by atoms with Crippen molar-refractivity contribution in [1.82, 2.24) is 5.32 Å². The number of nitrogens with one attached hydrogen (secondary N) is 1. The van der Waals surface area contributed by atoms with Crippen LogP contribution in [-0.4, -0.2) is 12.6 Å². The predicted molar refractivity (Wildman–Crippen MR) is 83.7 cm³/mol. The van der Waals surface area contributed by atoms with E-state index < -0.39 is 0 Å². The van der Waals surface area contributed by atoms with E-state index in [-0.39, 0.29) is 0 Å². The van der Waals surface area contributed by atoms with Gasteiger partial charge in [-0.25, -0.2) is 0 Å². The lowest BCUT2D eigenvalue weighted by atomic mass is 9.80. The van der Waals surface area contributed by atoms with E-state index in [1.54, 1.807) is 5.56 Å². The van der Waals surface area contributed by atoms with E-state index in [0.29, 0.717) is 0 Å². The first-order valence-electron chi connectivity index (χ1n) is 8.00. The molecule has 1 saturated carbocycles. The predicted octanol–water partition coefficient (Wildman–Crippen LogP) is 4.40. The molecule has 1 aromatic carbocycles. The Morgan fingerprint density at radius 1 is 1.16 bits per heavy atom. The van der Waals surface area contributed by atoms with E-state index in [2.05, 4.69) is 44.3 Å². The fourth-order valence-corrected chi connectivity index (χ4v) is 3.35. The molecule has 0 saturated heterocycles.